The van der Waals surface area contributed by atoms with Gasteiger partial charge >= 0.3 is 5.97 Å². The Morgan fingerprint density at radius 3 is 2.88 bits per heavy atom. The van der Waals surface area contributed by atoms with Gasteiger partial charge in [0.15, 0.2) is 0 Å². The Balaban J connectivity index is 2.86. The Hall–Kier alpha value is -1.88. The number of halogens is 1. The van der Waals surface area contributed by atoms with Crippen LogP contribution < -0.4 is 0 Å². The summed E-state index contributed by atoms with van der Waals surface area (Å²) < 4.78 is 4.48. The highest BCUT2D eigenvalue weighted by molar-refractivity contribution is 6.39. The molecule has 0 aliphatic rings. The molecule has 0 fully saturated rings. The molecule has 0 aliphatic carbocycles. The number of hydrogen-bond acceptors (Lipinski definition) is 5. The molecule has 1 aromatic heterocycles. The molecule has 0 atom stereocenters. The van der Waals surface area contributed by atoms with Crippen LogP contribution in [0, 0.1) is 0 Å². The van der Waals surface area contributed by atoms with Crippen LogP contribution in [0.3, 0.4) is 0 Å². The predicted molar refractivity (Wildman–Crippen MR) is 61.5 cm³/mol. The zero-order chi connectivity index (χ0) is 12.8. The number of nitrogens with zero attached hydrogens (tertiary/aromatic N) is 1. The van der Waals surface area contributed by atoms with Gasteiger partial charge in [0.2, 0.25) is 0 Å². The van der Waals surface area contributed by atoms with Gasteiger partial charge in [0.1, 0.15) is 10.9 Å². The predicted octanol–water partition coefficient (Wildman–Crippen LogP) is 1.77. The molecule has 6 heteroatoms. The SMILES string of the molecule is CCOC(=O)C(=O)/C=C(\O)c1ccnc(Cl)c1. The Kier molecular flexibility index (Phi) is 4.66. The summed E-state index contributed by atoms with van der Waals surface area (Å²) in [6, 6.07) is 2.82. The van der Waals surface area contributed by atoms with E-state index < -0.39 is 11.8 Å². The number of hydrogen-bond donors (Lipinski definition) is 1. The zero-order valence-corrected chi connectivity index (χ0v) is 9.77. The molecule has 0 bridgehead atoms. The maximum Gasteiger partial charge on any atom is 0.379 e. The number of aliphatic hydroxyl groups is 1. The van der Waals surface area contributed by atoms with Crippen molar-refractivity contribution in [1.29, 1.82) is 0 Å². The molecule has 17 heavy (non-hydrogen) atoms. The van der Waals surface area contributed by atoms with Crippen molar-refractivity contribution in [3.63, 3.8) is 0 Å². The molecule has 0 amide bonds. The summed E-state index contributed by atoms with van der Waals surface area (Å²) in [5, 5.41) is 9.75. The fourth-order valence-corrected chi connectivity index (χ4v) is 1.20. The largest absolute Gasteiger partial charge is 0.507 e. The number of ketones is 1. The molecule has 5 nitrogen and oxygen atoms in total. The summed E-state index contributed by atoms with van der Waals surface area (Å²) in [5.41, 5.74) is 0.294. The summed E-state index contributed by atoms with van der Waals surface area (Å²) in [5.74, 6) is -2.32. The third-order valence-electron chi connectivity index (χ3n) is 1.77. The summed E-state index contributed by atoms with van der Waals surface area (Å²) in [6.45, 7) is 1.68. The minimum Gasteiger partial charge on any atom is -0.507 e. The molecule has 1 rings (SSSR count). The molecule has 0 saturated heterocycles. The van der Waals surface area contributed by atoms with Gasteiger partial charge in [-0.3, -0.25) is 4.79 Å². The third kappa shape index (κ3) is 3.88. The molecule has 0 aliphatic heterocycles. The van der Waals surface area contributed by atoms with Crippen LogP contribution in [0.1, 0.15) is 12.5 Å². The van der Waals surface area contributed by atoms with Gasteiger partial charge in [-0.1, -0.05) is 11.6 Å². The average molecular weight is 256 g/mol. The van der Waals surface area contributed by atoms with Crippen molar-refractivity contribution < 1.29 is 19.4 Å². The number of rotatable bonds is 4. The van der Waals surface area contributed by atoms with Gasteiger partial charge in [0.25, 0.3) is 5.78 Å². The Labute approximate surface area is 103 Å². The van der Waals surface area contributed by atoms with E-state index >= 15 is 0 Å². The lowest BCUT2D eigenvalue weighted by Crippen LogP contribution is -2.15. The van der Waals surface area contributed by atoms with E-state index in [1.54, 1.807) is 6.92 Å². The molecule has 0 radical (unpaired) electrons. The number of esters is 1. The quantitative estimate of drug-likeness (QED) is 0.292. The van der Waals surface area contributed by atoms with Crippen LogP contribution >= 0.6 is 11.6 Å². The zero-order valence-electron chi connectivity index (χ0n) is 9.01. The first kappa shape index (κ1) is 13.2. The lowest BCUT2D eigenvalue weighted by molar-refractivity contribution is -0.151. The van der Waals surface area contributed by atoms with E-state index in [4.69, 9.17) is 11.6 Å². The average Bonchev–Trinajstić information content (AvgIpc) is 2.29. The minimum absolute atomic E-state index is 0.0975. The summed E-state index contributed by atoms with van der Waals surface area (Å²) in [7, 11) is 0. The van der Waals surface area contributed by atoms with E-state index in [0.29, 0.717) is 5.56 Å². The molecule has 0 unspecified atom stereocenters. The number of carbonyl (C=O) groups excluding carboxylic acids is 2. The van der Waals surface area contributed by atoms with Crippen molar-refractivity contribution in [2.45, 2.75) is 6.92 Å². The van der Waals surface area contributed by atoms with Crippen molar-refractivity contribution in [1.82, 2.24) is 4.98 Å². The highest BCUT2D eigenvalue weighted by Crippen LogP contribution is 2.14. The molecule has 1 heterocycles. The highest BCUT2D eigenvalue weighted by atomic mass is 35.5. The topological polar surface area (TPSA) is 76.5 Å². The van der Waals surface area contributed by atoms with Gasteiger partial charge in [-0.15, -0.1) is 0 Å². The van der Waals surface area contributed by atoms with E-state index in [2.05, 4.69) is 9.72 Å². The number of pyridine rings is 1. The molecule has 90 valence electrons. The third-order valence-corrected chi connectivity index (χ3v) is 1.97. The second-order valence-corrected chi connectivity index (χ2v) is 3.37. The molecular formula is C11H10ClNO4. The Morgan fingerprint density at radius 2 is 2.29 bits per heavy atom. The van der Waals surface area contributed by atoms with Gasteiger partial charge in [0, 0.05) is 17.8 Å². The van der Waals surface area contributed by atoms with E-state index in [1.165, 1.54) is 18.3 Å². The van der Waals surface area contributed by atoms with Gasteiger partial charge < -0.3 is 9.84 Å². The van der Waals surface area contributed by atoms with E-state index in [9.17, 15) is 14.7 Å². The fraction of sp³-hybridized carbons (Fsp3) is 0.182. The van der Waals surface area contributed by atoms with Gasteiger partial charge in [-0.05, 0) is 19.1 Å². The monoisotopic (exact) mass is 255 g/mol. The Bertz CT molecular complexity index is 470. The van der Waals surface area contributed by atoms with Crippen molar-refractivity contribution in [2.75, 3.05) is 6.61 Å². The fourth-order valence-electron chi connectivity index (χ4n) is 1.03. The van der Waals surface area contributed by atoms with Crippen LogP contribution in [0.5, 0.6) is 0 Å². The standard InChI is InChI=1S/C11H10ClNO4/c1-2-17-11(16)9(15)6-8(14)7-3-4-13-10(12)5-7/h3-6,14H,2H2,1H3/b8-6-. The molecule has 0 saturated carbocycles. The summed E-state index contributed by atoms with van der Waals surface area (Å²) in [4.78, 5) is 26.0. The lowest BCUT2D eigenvalue weighted by atomic mass is 10.2. The molecule has 1 N–H and O–H groups in total. The van der Waals surface area contributed by atoms with Crippen LogP contribution in [0.4, 0.5) is 0 Å². The van der Waals surface area contributed by atoms with E-state index in [1.807, 2.05) is 0 Å². The van der Waals surface area contributed by atoms with Crippen LogP contribution in [0.25, 0.3) is 5.76 Å². The maximum absolute atomic E-state index is 11.2. The summed E-state index contributed by atoms with van der Waals surface area (Å²) >= 11 is 5.61. The summed E-state index contributed by atoms with van der Waals surface area (Å²) in [6.07, 6.45) is 2.15. The van der Waals surface area contributed by atoms with Gasteiger partial charge in [-0.2, -0.15) is 0 Å². The van der Waals surface area contributed by atoms with E-state index in [-0.39, 0.29) is 17.5 Å². The number of aromatic nitrogens is 1. The van der Waals surface area contributed by atoms with Crippen molar-refractivity contribution in [3.8, 4) is 0 Å². The smallest absolute Gasteiger partial charge is 0.379 e. The molecule has 0 aromatic carbocycles. The lowest BCUT2D eigenvalue weighted by Gasteiger charge is -2.00. The van der Waals surface area contributed by atoms with Crippen LogP contribution in [-0.2, 0) is 14.3 Å². The highest BCUT2D eigenvalue weighted by Gasteiger charge is 2.13. The first-order chi connectivity index (χ1) is 8.04. The van der Waals surface area contributed by atoms with Crippen LogP contribution in [-0.4, -0.2) is 28.4 Å². The minimum atomic E-state index is -1.01. The van der Waals surface area contributed by atoms with Gasteiger partial charge in [0.05, 0.1) is 6.61 Å². The second kappa shape index (κ2) is 6.00. The van der Waals surface area contributed by atoms with Crippen molar-refractivity contribution in [3.05, 3.63) is 35.1 Å². The van der Waals surface area contributed by atoms with Crippen LogP contribution in [0.15, 0.2) is 24.4 Å². The first-order valence-electron chi connectivity index (χ1n) is 4.78. The second-order valence-electron chi connectivity index (χ2n) is 2.98. The molecule has 1 aromatic rings. The van der Waals surface area contributed by atoms with Gasteiger partial charge in [-0.25, -0.2) is 9.78 Å². The molecule has 0 spiro atoms. The van der Waals surface area contributed by atoms with E-state index in [0.717, 1.165) is 6.08 Å². The van der Waals surface area contributed by atoms with Crippen molar-refractivity contribution in [2.24, 2.45) is 0 Å². The normalized spacial score (nSPS) is 11.1. The number of carbonyl (C=O) groups is 2. The van der Waals surface area contributed by atoms with Crippen molar-refractivity contribution >= 4 is 29.1 Å². The number of ether oxygens (including phenoxy) is 1. The Morgan fingerprint density at radius 1 is 1.59 bits per heavy atom. The first-order valence-corrected chi connectivity index (χ1v) is 5.16. The number of aliphatic hydroxyl groups excluding tert-OH is 1. The maximum atomic E-state index is 11.2. The van der Waals surface area contributed by atoms with Crippen LogP contribution in [0.2, 0.25) is 5.15 Å². The molecular weight excluding hydrogens is 246 g/mol.